The van der Waals surface area contributed by atoms with Gasteiger partial charge in [0.2, 0.25) is 11.8 Å². The molecule has 2 aliphatic heterocycles. The molecule has 1 aliphatic carbocycles. The average molecular weight is 526 g/mol. The second-order valence-corrected chi connectivity index (χ2v) is 13.6. The van der Waals surface area contributed by atoms with Crippen LogP contribution in [-0.4, -0.2) is 67.9 Å². The van der Waals surface area contributed by atoms with Crippen molar-refractivity contribution in [1.82, 2.24) is 9.80 Å². The Morgan fingerprint density at radius 2 is 1.80 bits per heavy atom. The molecular weight excluding hydrogens is 486 g/mol. The van der Waals surface area contributed by atoms with Crippen LogP contribution in [0.2, 0.25) is 5.02 Å². The van der Waals surface area contributed by atoms with Crippen LogP contribution in [0.5, 0.6) is 0 Å². The van der Waals surface area contributed by atoms with Crippen LogP contribution in [0.1, 0.15) is 63.0 Å². The van der Waals surface area contributed by atoms with Gasteiger partial charge in [-0.25, -0.2) is 0 Å². The highest BCUT2D eigenvalue weighted by molar-refractivity contribution is 8.24. The van der Waals surface area contributed by atoms with Gasteiger partial charge in [0.05, 0.1) is 0 Å². The highest BCUT2D eigenvalue weighted by Crippen LogP contribution is 2.46. The minimum atomic E-state index is -2.43. The van der Waals surface area contributed by atoms with Crippen molar-refractivity contribution in [3.05, 3.63) is 28.3 Å². The van der Waals surface area contributed by atoms with Crippen LogP contribution in [0.4, 0.5) is 5.69 Å². The first-order valence-electron chi connectivity index (χ1n) is 13.0. The lowest BCUT2D eigenvalue weighted by Gasteiger charge is -2.41. The summed E-state index contributed by atoms with van der Waals surface area (Å²) in [4.78, 5) is 30.1. The lowest BCUT2D eigenvalue weighted by Crippen LogP contribution is -2.54. The molecule has 7 nitrogen and oxygen atoms in total. The van der Waals surface area contributed by atoms with Crippen molar-refractivity contribution < 1.29 is 18.7 Å². The fraction of sp³-hybridized carbons (Fsp3) is 0.692. The smallest absolute Gasteiger partial charge is 0.226 e. The summed E-state index contributed by atoms with van der Waals surface area (Å²) in [5, 5.41) is 3.64. The monoisotopic (exact) mass is 525 g/mol. The van der Waals surface area contributed by atoms with Crippen molar-refractivity contribution in [2.75, 3.05) is 36.5 Å². The van der Waals surface area contributed by atoms with Crippen LogP contribution in [0.3, 0.4) is 0 Å². The number of halogens is 1. The summed E-state index contributed by atoms with van der Waals surface area (Å²) in [7, 11) is -2.43. The summed E-state index contributed by atoms with van der Waals surface area (Å²) in [5.41, 5.74) is 2.83. The van der Waals surface area contributed by atoms with Gasteiger partial charge in [0.15, 0.2) is 0 Å². The topological polar surface area (TPSA) is 93.1 Å². The Kier molecular flexibility index (Phi) is 8.69. The number of anilines is 1. The van der Waals surface area contributed by atoms with E-state index in [0.717, 1.165) is 55.8 Å². The zero-order valence-corrected chi connectivity index (χ0v) is 22.5. The van der Waals surface area contributed by atoms with Gasteiger partial charge in [0.1, 0.15) is 0 Å². The molecule has 3 N–H and O–H groups in total. The standard InChI is InChI=1S/C26H40ClN3O4S/c1-18-16-29(9-10-30(18)26(32)21-5-3-4-6-21)17-22-14-23(27)15-24(19(22)2)28-25(31)13-20-7-11-35(33,34)12-8-20/h14-15,18,20-21,33-34H,3-13,16-17H2,1-2H3,(H,28,31)/t18-/m0/s1. The van der Waals surface area contributed by atoms with E-state index < -0.39 is 10.6 Å². The van der Waals surface area contributed by atoms with E-state index in [2.05, 4.69) is 22.0 Å². The van der Waals surface area contributed by atoms with E-state index in [1.165, 1.54) is 12.8 Å². The van der Waals surface area contributed by atoms with Crippen LogP contribution in [0.25, 0.3) is 0 Å². The van der Waals surface area contributed by atoms with Crippen LogP contribution < -0.4 is 5.32 Å². The van der Waals surface area contributed by atoms with E-state index in [0.29, 0.717) is 41.7 Å². The van der Waals surface area contributed by atoms with Crippen LogP contribution >= 0.6 is 22.2 Å². The molecule has 9 heteroatoms. The number of piperazine rings is 1. The number of carbonyl (C=O) groups is 2. The molecule has 3 aliphatic rings. The number of benzene rings is 1. The summed E-state index contributed by atoms with van der Waals surface area (Å²) in [5.74, 6) is 1.46. The molecule has 1 aromatic carbocycles. The fourth-order valence-electron chi connectivity index (χ4n) is 5.81. The lowest BCUT2D eigenvalue weighted by atomic mass is 9.98. The van der Waals surface area contributed by atoms with Crippen molar-refractivity contribution >= 4 is 39.7 Å². The van der Waals surface area contributed by atoms with Crippen LogP contribution in [0, 0.1) is 18.8 Å². The predicted molar refractivity (Wildman–Crippen MR) is 143 cm³/mol. The lowest BCUT2D eigenvalue weighted by molar-refractivity contribution is -0.140. The number of nitrogens with zero attached hydrogens (tertiary/aromatic N) is 2. The maximum atomic E-state index is 12.9. The third kappa shape index (κ3) is 6.92. The molecule has 0 aromatic heterocycles. The van der Waals surface area contributed by atoms with E-state index in [9.17, 15) is 18.7 Å². The first kappa shape index (κ1) is 26.7. The van der Waals surface area contributed by atoms with E-state index in [1.807, 2.05) is 13.0 Å². The maximum absolute atomic E-state index is 12.9. The summed E-state index contributed by atoms with van der Waals surface area (Å²) in [6.45, 7) is 7.29. The Bertz CT molecular complexity index is 927. The van der Waals surface area contributed by atoms with Gasteiger partial charge in [0.25, 0.3) is 0 Å². The van der Waals surface area contributed by atoms with Crippen molar-refractivity contribution in [2.45, 2.75) is 71.4 Å². The first-order valence-corrected chi connectivity index (χ1v) is 15.2. The van der Waals surface area contributed by atoms with Gasteiger partial charge in [-0.2, -0.15) is 10.6 Å². The minimum Gasteiger partial charge on any atom is -0.337 e. The van der Waals surface area contributed by atoms with E-state index in [4.69, 9.17) is 11.6 Å². The highest BCUT2D eigenvalue weighted by Gasteiger charge is 2.33. The van der Waals surface area contributed by atoms with Gasteiger partial charge in [-0.1, -0.05) is 24.4 Å². The average Bonchev–Trinajstić information content (AvgIpc) is 3.33. The number of carbonyl (C=O) groups excluding carboxylic acids is 2. The number of hydrogen-bond donors (Lipinski definition) is 3. The van der Waals surface area contributed by atoms with Crippen molar-refractivity contribution in [3.8, 4) is 0 Å². The molecule has 35 heavy (non-hydrogen) atoms. The summed E-state index contributed by atoms with van der Waals surface area (Å²) < 4.78 is 19.6. The maximum Gasteiger partial charge on any atom is 0.226 e. The Hall–Kier alpha value is -1.32. The molecule has 0 unspecified atom stereocenters. The van der Waals surface area contributed by atoms with E-state index in [1.54, 1.807) is 6.07 Å². The van der Waals surface area contributed by atoms with Crippen LogP contribution in [0.15, 0.2) is 12.1 Å². The number of hydrogen-bond acceptors (Lipinski definition) is 5. The summed E-state index contributed by atoms with van der Waals surface area (Å²) >= 11 is 6.44. The Labute approximate surface area is 215 Å². The molecular formula is C26H40ClN3O4S. The van der Waals surface area contributed by atoms with Crippen molar-refractivity contribution in [3.63, 3.8) is 0 Å². The zero-order valence-electron chi connectivity index (χ0n) is 21.0. The zero-order chi connectivity index (χ0) is 25.2. The van der Waals surface area contributed by atoms with Crippen LogP contribution in [-0.2, 0) is 16.1 Å². The molecule has 2 amide bonds. The Morgan fingerprint density at radius 3 is 2.46 bits per heavy atom. The molecule has 0 radical (unpaired) electrons. The summed E-state index contributed by atoms with van der Waals surface area (Å²) in [6, 6.07) is 3.96. The number of amides is 2. The van der Waals surface area contributed by atoms with E-state index in [-0.39, 0.29) is 23.8 Å². The van der Waals surface area contributed by atoms with Gasteiger partial charge >= 0.3 is 0 Å². The van der Waals surface area contributed by atoms with Gasteiger partial charge in [0, 0.05) is 66.8 Å². The molecule has 1 saturated carbocycles. The second-order valence-electron chi connectivity index (χ2n) is 10.7. The number of rotatable bonds is 6. The molecule has 2 heterocycles. The molecule has 3 fully saturated rings. The minimum absolute atomic E-state index is 0.0580. The quantitative estimate of drug-likeness (QED) is 0.465. The molecule has 1 atom stereocenters. The highest BCUT2D eigenvalue weighted by atomic mass is 35.5. The number of nitrogens with one attached hydrogen (secondary N) is 1. The largest absolute Gasteiger partial charge is 0.337 e. The molecule has 0 bridgehead atoms. The molecule has 196 valence electrons. The van der Waals surface area contributed by atoms with Crippen molar-refractivity contribution in [1.29, 1.82) is 0 Å². The van der Waals surface area contributed by atoms with E-state index >= 15 is 0 Å². The van der Waals surface area contributed by atoms with Gasteiger partial charge in [-0.05, 0) is 68.7 Å². The van der Waals surface area contributed by atoms with Crippen molar-refractivity contribution in [2.24, 2.45) is 11.8 Å². The third-order valence-corrected chi connectivity index (χ3v) is 10.0. The van der Waals surface area contributed by atoms with Gasteiger partial charge < -0.3 is 10.2 Å². The molecule has 0 spiro atoms. The fourth-order valence-corrected chi connectivity index (χ4v) is 7.67. The second kappa shape index (κ2) is 11.4. The molecule has 1 aromatic rings. The SMILES string of the molecule is Cc1c(CN2CCN(C(=O)C3CCCC3)[C@@H](C)C2)cc(Cl)cc1NC(=O)CC1CCS(O)(O)CC1. The predicted octanol–water partition coefficient (Wildman–Crippen LogP) is 5.36. The van der Waals surface area contributed by atoms with Gasteiger partial charge in [-0.3, -0.25) is 23.6 Å². The summed E-state index contributed by atoms with van der Waals surface area (Å²) in [6.07, 6.45) is 6.13. The Balaban J connectivity index is 1.34. The van der Waals surface area contributed by atoms with Gasteiger partial charge in [-0.15, -0.1) is 0 Å². The molecule has 4 rings (SSSR count). The first-order chi connectivity index (χ1) is 16.6. The normalized spacial score (nSPS) is 24.9. The molecule has 2 saturated heterocycles. The third-order valence-electron chi connectivity index (χ3n) is 8.03. The Morgan fingerprint density at radius 1 is 1.11 bits per heavy atom.